The van der Waals surface area contributed by atoms with Crippen molar-refractivity contribution in [2.24, 2.45) is 0 Å². The van der Waals surface area contributed by atoms with Gasteiger partial charge in [-0.25, -0.2) is 0 Å². The molecule has 3 heteroatoms. The maximum absolute atomic E-state index is 11.8. The Hall–Kier alpha value is -2.55. The highest BCUT2D eigenvalue weighted by molar-refractivity contribution is 5.97. The minimum atomic E-state index is -0.0973. The fourth-order valence-electron chi connectivity index (χ4n) is 1.98. The van der Waals surface area contributed by atoms with Gasteiger partial charge in [-0.15, -0.1) is 0 Å². The summed E-state index contributed by atoms with van der Waals surface area (Å²) in [5.41, 5.74) is 2.52. The number of ether oxygens (including phenoxy) is 1. The van der Waals surface area contributed by atoms with E-state index in [0.717, 1.165) is 11.1 Å². The van der Waals surface area contributed by atoms with E-state index in [9.17, 15) is 4.79 Å². The molecule has 2 rings (SSSR count). The molecule has 1 aliphatic rings. The molecule has 0 saturated carbocycles. The van der Waals surface area contributed by atoms with Crippen LogP contribution < -0.4 is 10.1 Å². The average molecular weight is 297 g/mol. The monoisotopic (exact) mass is 297 g/mol. The molecule has 1 amide bonds. The van der Waals surface area contributed by atoms with Gasteiger partial charge >= 0.3 is 0 Å². The van der Waals surface area contributed by atoms with E-state index in [1.165, 1.54) is 0 Å². The van der Waals surface area contributed by atoms with Crippen LogP contribution >= 0.6 is 0 Å². The first-order chi connectivity index (χ1) is 10.8. The Bertz CT molecular complexity index is 597. The molecule has 0 radical (unpaired) electrons. The van der Waals surface area contributed by atoms with Gasteiger partial charge in [0.15, 0.2) is 0 Å². The van der Waals surface area contributed by atoms with Gasteiger partial charge in [0.2, 0.25) is 0 Å². The van der Waals surface area contributed by atoms with Crippen molar-refractivity contribution in [2.75, 3.05) is 13.2 Å². The fraction of sp³-hybridized carbons (Fsp3) is 0.211. The molecule has 1 aromatic carbocycles. The van der Waals surface area contributed by atoms with Crippen LogP contribution in [-0.2, 0) is 0 Å². The summed E-state index contributed by atoms with van der Waals surface area (Å²) in [6, 6.07) is 5.56. The lowest BCUT2D eigenvalue weighted by Gasteiger charge is -2.09. The average Bonchev–Trinajstić information content (AvgIpc) is 2.74. The van der Waals surface area contributed by atoms with Gasteiger partial charge in [0.25, 0.3) is 5.91 Å². The maximum Gasteiger partial charge on any atom is 0.255 e. The topological polar surface area (TPSA) is 38.3 Å². The van der Waals surface area contributed by atoms with Crippen LogP contribution in [0.3, 0.4) is 0 Å². The molecule has 0 atom stereocenters. The summed E-state index contributed by atoms with van der Waals surface area (Å²) in [6.07, 6.45) is 9.13. The standard InChI is InChI=1S/C17H17NO2.C2H6/c1-3-5-7-13(6-4-2)14-8-9-15-16(12-14)20-11-10-18-17(15)19;1-2/h3-9,12H,1-2,10-11H2,(H,18,19);1-2H3/b7-5-,13-6+;. The number of nitrogens with one attached hydrogen (secondary N) is 1. The molecule has 1 N–H and O–H groups in total. The molecule has 0 unspecified atom stereocenters. The minimum Gasteiger partial charge on any atom is -0.491 e. The SMILES string of the molecule is C=C/C=C\C(=C/C=C)c1ccc2c(c1)OCCNC2=O.CC. The molecule has 0 fully saturated rings. The van der Waals surface area contributed by atoms with Crippen LogP contribution in [0.1, 0.15) is 29.8 Å². The third-order valence-corrected chi connectivity index (χ3v) is 2.91. The molecule has 0 aromatic heterocycles. The summed E-state index contributed by atoms with van der Waals surface area (Å²) in [6.45, 7) is 12.4. The Morgan fingerprint density at radius 3 is 2.73 bits per heavy atom. The summed E-state index contributed by atoms with van der Waals surface area (Å²) in [7, 11) is 0. The maximum atomic E-state index is 11.8. The van der Waals surface area contributed by atoms with Gasteiger partial charge in [-0.05, 0) is 23.3 Å². The van der Waals surface area contributed by atoms with Crippen molar-refractivity contribution in [1.29, 1.82) is 0 Å². The van der Waals surface area contributed by atoms with Gasteiger partial charge in [-0.1, -0.05) is 63.5 Å². The van der Waals surface area contributed by atoms with Gasteiger partial charge in [0.1, 0.15) is 12.4 Å². The Balaban J connectivity index is 0.00000116. The van der Waals surface area contributed by atoms with Crippen molar-refractivity contribution in [1.82, 2.24) is 5.32 Å². The second kappa shape index (κ2) is 9.40. The number of benzene rings is 1. The molecule has 0 spiro atoms. The number of fused-ring (bicyclic) bond motifs is 1. The molecule has 0 bridgehead atoms. The molecule has 0 aliphatic carbocycles. The predicted molar refractivity (Wildman–Crippen MR) is 93.1 cm³/mol. The molecule has 116 valence electrons. The molecule has 1 aliphatic heterocycles. The second-order valence-corrected chi connectivity index (χ2v) is 4.27. The number of hydrogen-bond donors (Lipinski definition) is 1. The largest absolute Gasteiger partial charge is 0.491 e. The van der Waals surface area contributed by atoms with Crippen LogP contribution in [0.2, 0.25) is 0 Å². The number of amides is 1. The van der Waals surface area contributed by atoms with Gasteiger partial charge in [-0.2, -0.15) is 0 Å². The van der Waals surface area contributed by atoms with Crippen LogP contribution in [0, 0.1) is 0 Å². The van der Waals surface area contributed by atoms with Crippen molar-refractivity contribution in [3.05, 3.63) is 72.9 Å². The van der Waals surface area contributed by atoms with Crippen molar-refractivity contribution < 1.29 is 9.53 Å². The van der Waals surface area contributed by atoms with Crippen LogP contribution in [0.15, 0.2) is 61.7 Å². The Morgan fingerprint density at radius 2 is 2.05 bits per heavy atom. The third-order valence-electron chi connectivity index (χ3n) is 2.91. The first-order valence-electron chi connectivity index (χ1n) is 7.43. The smallest absolute Gasteiger partial charge is 0.255 e. The lowest BCUT2D eigenvalue weighted by molar-refractivity contribution is 0.0957. The molecule has 1 heterocycles. The molecule has 22 heavy (non-hydrogen) atoms. The Morgan fingerprint density at radius 1 is 1.27 bits per heavy atom. The zero-order chi connectivity index (χ0) is 16.4. The quantitative estimate of drug-likeness (QED) is 0.848. The molecule has 0 saturated heterocycles. The zero-order valence-corrected chi connectivity index (χ0v) is 13.3. The van der Waals surface area contributed by atoms with Crippen LogP contribution in [0.25, 0.3) is 5.57 Å². The van der Waals surface area contributed by atoms with Crippen LogP contribution in [0.5, 0.6) is 5.75 Å². The zero-order valence-electron chi connectivity index (χ0n) is 13.3. The number of hydrogen-bond acceptors (Lipinski definition) is 2. The summed E-state index contributed by atoms with van der Waals surface area (Å²) < 4.78 is 5.61. The predicted octanol–water partition coefficient (Wildman–Crippen LogP) is 4.15. The van der Waals surface area contributed by atoms with E-state index in [-0.39, 0.29) is 5.91 Å². The van der Waals surface area contributed by atoms with E-state index >= 15 is 0 Å². The Labute approximate surface area is 132 Å². The van der Waals surface area contributed by atoms with Crippen molar-refractivity contribution >= 4 is 11.5 Å². The van der Waals surface area contributed by atoms with Crippen molar-refractivity contribution in [3.63, 3.8) is 0 Å². The summed E-state index contributed by atoms with van der Waals surface area (Å²) in [4.78, 5) is 11.8. The molecular formula is C19H23NO2. The fourth-order valence-corrected chi connectivity index (χ4v) is 1.98. The van der Waals surface area contributed by atoms with E-state index < -0.39 is 0 Å². The second-order valence-electron chi connectivity index (χ2n) is 4.27. The minimum absolute atomic E-state index is 0.0973. The number of carbonyl (C=O) groups is 1. The van der Waals surface area contributed by atoms with Gasteiger partial charge < -0.3 is 10.1 Å². The highest BCUT2D eigenvalue weighted by Gasteiger charge is 2.16. The first-order valence-corrected chi connectivity index (χ1v) is 7.43. The van der Waals surface area contributed by atoms with E-state index in [4.69, 9.17) is 4.74 Å². The van der Waals surface area contributed by atoms with E-state index in [0.29, 0.717) is 24.5 Å². The first kappa shape index (κ1) is 17.5. The molecular weight excluding hydrogens is 274 g/mol. The van der Waals surface area contributed by atoms with E-state index in [1.807, 2.05) is 44.2 Å². The Kier molecular flexibility index (Phi) is 7.48. The van der Waals surface area contributed by atoms with Gasteiger partial charge in [0.05, 0.1) is 12.1 Å². The molecule has 3 nitrogen and oxygen atoms in total. The summed E-state index contributed by atoms with van der Waals surface area (Å²) in [5.74, 6) is 0.513. The van der Waals surface area contributed by atoms with Gasteiger partial charge in [-0.3, -0.25) is 4.79 Å². The van der Waals surface area contributed by atoms with E-state index in [1.54, 1.807) is 18.2 Å². The number of allylic oxidation sites excluding steroid dienone is 6. The normalized spacial score (nSPS) is 13.9. The highest BCUT2D eigenvalue weighted by Crippen LogP contribution is 2.26. The van der Waals surface area contributed by atoms with Gasteiger partial charge in [0, 0.05) is 0 Å². The van der Waals surface area contributed by atoms with Crippen molar-refractivity contribution in [3.8, 4) is 5.75 Å². The lowest BCUT2D eigenvalue weighted by Crippen LogP contribution is -2.24. The highest BCUT2D eigenvalue weighted by atomic mass is 16.5. The number of rotatable bonds is 4. The molecule has 1 aromatic rings. The van der Waals surface area contributed by atoms with Crippen LogP contribution in [-0.4, -0.2) is 19.1 Å². The van der Waals surface area contributed by atoms with Crippen LogP contribution in [0.4, 0.5) is 0 Å². The lowest BCUT2D eigenvalue weighted by atomic mass is 10.0. The van der Waals surface area contributed by atoms with Crippen molar-refractivity contribution in [2.45, 2.75) is 13.8 Å². The third kappa shape index (κ3) is 4.48. The summed E-state index contributed by atoms with van der Waals surface area (Å²) >= 11 is 0. The van der Waals surface area contributed by atoms with E-state index in [2.05, 4.69) is 18.5 Å². The summed E-state index contributed by atoms with van der Waals surface area (Å²) in [5, 5.41) is 2.79. The number of carbonyl (C=O) groups excluding carboxylic acids is 1.